The van der Waals surface area contributed by atoms with E-state index in [-0.39, 0.29) is 25.0 Å². The fraction of sp³-hybridized carbons (Fsp3) is 0.250. The number of benzene rings is 2. The van der Waals surface area contributed by atoms with E-state index in [0.717, 1.165) is 16.5 Å². The Morgan fingerprint density at radius 1 is 1.25 bits per heavy atom. The average molecular weight is 378 g/mol. The highest BCUT2D eigenvalue weighted by Gasteiger charge is 2.36. The first-order valence-electron chi connectivity index (χ1n) is 9.04. The van der Waals surface area contributed by atoms with E-state index < -0.39 is 5.92 Å². The van der Waals surface area contributed by atoms with E-state index >= 15 is 0 Å². The molecule has 2 amide bonds. The maximum Gasteiger partial charge on any atom is 0.231 e. The summed E-state index contributed by atoms with van der Waals surface area (Å²) in [6.07, 6.45) is 1.90. The third-order valence-electron chi connectivity index (χ3n) is 5.26. The average Bonchev–Trinajstić information content (AvgIpc) is 3.42. The van der Waals surface area contributed by atoms with Crippen molar-refractivity contribution in [3.63, 3.8) is 0 Å². The minimum absolute atomic E-state index is 0.0883. The molecule has 1 atom stereocenters. The number of nitrogens with zero attached hydrogens (tertiary/aromatic N) is 2. The fourth-order valence-electron chi connectivity index (χ4n) is 3.70. The maximum absolute atomic E-state index is 12.8. The molecule has 3 aromatic rings. The summed E-state index contributed by atoms with van der Waals surface area (Å²) < 4.78 is 10.7. The van der Waals surface area contributed by atoms with Crippen LogP contribution in [0.1, 0.15) is 12.0 Å². The van der Waals surface area contributed by atoms with Gasteiger partial charge in [-0.05, 0) is 30.7 Å². The van der Waals surface area contributed by atoms with Gasteiger partial charge in [-0.15, -0.1) is 0 Å². The van der Waals surface area contributed by atoms with Crippen molar-refractivity contribution < 1.29 is 19.1 Å². The van der Waals surface area contributed by atoms with Gasteiger partial charge in [0.1, 0.15) is 0 Å². The molecule has 142 valence electrons. The molecule has 1 fully saturated rings. The van der Waals surface area contributed by atoms with Crippen molar-refractivity contribution in [3.05, 3.63) is 42.1 Å². The Morgan fingerprint density at radius 2 is 2.11 bits per heavy atom. The lowest BCUT2D eigenvalue weighted by Crippen LogP contribution is -2.28. The zero-order chi connectivity index (χ0) is 19.3. The van der Waals surface area contributed by atoms with E-state index in [9.17, 15) is 9.59 Å². The second-order valence-electron chi connectivity index (χ2n) is 7.02. The van der Waals surface area contributed by atoms with Crippen molar-refractivity contribution in [2.24, 2.45) is 5.92 Å². The van der Waals surface area contributed by atoms with E-state index in [2.05, 4.69) is 15.5 Å². The Balaban J connectivity index is 1.34. The maximum atomic E-state index is 12.8. The first kappa shape index (κ1) is 16.6. The van der Waals surface area contributed by atoms with Gasteiger partial charge in [0.25, 0.3) is 0 Å². The van der Waals surface area contributed by atoms with Crippen LogP contribution in [0.3, 0.4) is 0 Å². The van der Waals surface area contributed by atoms with Crippen LogP contribution in [0.2, 0.25) is 0 Å². The highest BCUT2D eigenvalue weighted by Crippen LogP contribution is 2.37. The molecule has 3 heterocycles. The van der Waals surface area contributed by atoms with Crippen molar-refractivity contribution in [2.75, 3.05) is 23.6 Å². The van der Waals surface area contributed by atoms with E-state index in [4.69, 9.17) is 9.47 Å². The zero-order valence-corrected chi connectivity index (χ0v) is 15.2. The molecule has 1 aromatic heterocycles. The monoisotopic (exact) mass is 378 g/mol. The summed E-state index contributed by atoms with van der Waals surface area (Å²) in [5, 5.41) is 10.9. The number of aromatic nitrogens is 2. The molecule has 0 spiro atoms. The van der Waals surface area contributed by atoms with Crippen LogP contribution in [0.5, 0.6) is 11.5 Å². The van der Waals surface area contributed by atoms with Gasteiger partial charge in [-0.25, -0.2) is 0 Å². The summed E-state index contributed by atoms with van der Waals surface area (Å²) in [4.78, 5) is 26.9. The van der Waals surface area contributed by atoms with Gasteiger partial charge in [-0.3, -0.25) is 14.7 Å². The largest absolute Gasteiger partial charge is 0.454 e. The highest BCUT2D eigenvalue weighted by molar-refractivity contribution is 6.06. The predicted octanol–water partition coefficient (Wildman–Crippen LogP) is 2.59. The number of ether oxygens (including phenoxy) is 2. The lowest BCUT2D eigenvalue weighted by molar-refractivity contribution is -0.122. The highest BCUT2D eigenvalue weighted by atomic mass is 16.7. The molecule has 2 aliphatic heterocycles. The molecule has 8 nitrogen and oxygen atoms in total. The van der Waals surface area contributed by atoms with Crippen LogP contribution in [0.15, 0.2) is 36.5 Å². The number of H-pyrrole nitrogens is 1. The number of fused-ring (bicyclic) bond motifs is 2. The number of rotatable bonds is 3. The molecule has 0 unspecified atom stereocenters. The van der Waals surface area contributed by atoms with Crippen LogP contribution in [0, 0.1) is 12.8 Å². The molecule has 28 heavy (non-hydrogen) atoms. The van der Waals surface area contributed by atoms with Crippen molar-refractivity contribution >= 4 is 34.1 Å². The van der Waals surface area contributed by atoms with Gasteiger partial charge < -0.3 is 19.7 Å². The number of aromatic amines is 1. The number of carbonyl (C=O) groups is 2. The lowest BCUT2D eigenvalue weighted by Gasteiger charge is -2.17. The number of nitrogens with one attached hydrogen (secondary N) is 2. The van der Waals surface area contributed by atoms with E-state index in [0.29, 0.717) is 29.4 Å². The topological polar surface area (TPSA) is 96.5 Å². The molecule has 0 aliphatic carbocycles. The molecule has 0 saturated carbocycles. The minimum atomic E-state index is -0.433. The smallest absolute Gasteiger partial charge is 0.231 e. The first-order valence-corrected chi connectivity index (χ1v) is 9.04. The third-order valence-corrected chi connectivity index (χ3v) is 5.26. The van der Waals surface area contributed by atoms with Crippen LogP contribution >= 0.6 is 0 Å². The van der Waals surface area contributed by atoms with Crippen molar-refractivity contribution in [1.82, 2.24) is 10.2 Å². The van der Waals surface area contributed by atoms with Crippen molar-refractivity contribution in [3.8, 4) is 11.5 Å². The summed E-state index contributed by atoms with van der Waals surface area (Å²) >= 11 is 0. The van der Waals surface area contributed by atoms with Crippen molar-refractivity contribution in [2.45, 2.75) is 13.3 Å². The molecular weight excluding hydrogens is 360 g/mol. The summed E-state index contributed by atoms with van der Waals surface area (Å²) in [5.41, 5.74) is 3.23. The van der Waals surface area contributed by atoms with Crippen LogP contribution in [0.4, 0.5) is 11.4 Å². The van der Waals surface area contributed by atoms with Gasteiger partial charge in [0, 0.05) is 30.1 Å². The molecule has 0 bridgehead atoms. The first-order chi connectivity index (χ1) is 13.6. The normalized spacial score (nSPS) is 18.1. The molecule has 2 aromatic carbocycles. The van der Waals surface area contributed by atoms with Crippen molar-refractivity contribution in [1.29, 1.82) is 0 Å². The van der Waals surface area contributed by atoms with Gasteiger partial charge in [0.15, 0.2) is 11.5 Å². The quantitative estimate of drug-likeness (QED) is 0.730. The molecule has 8 heteroatoms. The Labute approximate surface area is 160 Å². The Kier molecular flexibility index (Phi) is 3.71. The number of amides is 2. The van der Waals surface area contributed by atoms with E-state index in [1.807, 2.05) is 19.1 Å². The summed E-state index contributed by atoms with van der Waals surface area (Å²) in [7, 11) is 0. The number of carbonyl (C=O) groups excluding carboxylic acids is 2. The Hall–Kier alpha value is -3.55. The number of hydrogen-bond donors (Lipinski definition) is 2. The Bertz CT molecular complexity index is 1110. The van der Waals surface area contributed by atoms with Gasteiger partial charge >= 0.3 is 0 Å². The van der Waals surface area contributed by atoms with E-state index in [1.165, 1.54) is 0 Å². The second-order valence-corrected chi connectivity index (χ2v) is 7.02. The molecular formula is C20H18N4O4. The third kappa shape index (κ3) is 2.65. The molecule has 2 N–H and O–H groups in total. The van der Waals surface area contributed by atoms with Gasteiger partial charge in [0.2, 0.25) is 18.6 Å². The predicted molar refractivity (Wildman–Crippen MR) is 102 cm³/mol. The lowest BCUT2D eigenvalue weighted by atomic mass is 10.1. The summed E-state index contributed by atoms with van der Waals surface area (Å²) in [6, 6.07) is 9.14. The molecule has 1 saturated heterocycles. The van der Waals surface area contributed by atoms with Crippen LogP contribution in [-0.2, 0) is 9.59 Å². The minimum Gasteiger partial charge on any atom is -0.454 e. The van der Waals surface area contributed by atoms with Crippen LogP contribution in [0.25, 0.3) is 10.9 Å². The fourth-order valence-corrected chi connectivity index (χ4v) is 3.70. The van der Waals surface area contributed by atoms with Gasteiger partial charge in [0.05, 0.1) is 23.3 Å². The number of anilines is 2. The zero-order valence-electron chi connectivity index (χ0n) is 15.2. The second kappa shape index (κ2) is 6.26. The number of aryl methyl sites for hydroxylation is 1. The van der Waals surface area contributed by atoms with Crippen LogP contribution in [-0.4, -0.2) is 35.3 Å². The van der Waals surface area contributed by atoms with Crippen LogP contribution < -0.4 is 19.7 Å². The standard InChI is InChI=1S/C20H18N4O4/c1-11-2-4-15(19-14(11)8-21-23-19)22-20(26)12-6-18(25)24(9-12)13-3-5-16-17(7-13)28-10-27-16/h2-5,7-8,12H,6,9-10H2,1H3,(H,21,23)(H,22,26)/t12-/m0/s1. The van der Waals surface area contributed by atoms with Gasteiger partial charge in [-0.1, -0.05) is 6.07 Å². The summed E-state index contributed by atoms with van der Waals surface area (Å²) in [5.74, 6) is 0.565. The summed E-state index contributed by atoms with van der Waals surface area (Å²) in [6.45, 7) is 2.49. The molecule has 5 rings (SSSR count). The van der Waals surface area contributed by atoms with Gasteiger partial charge in [-0.2, -0.15) is 5.10 Å². The van der Waals surface area contributed by atoms with E-state index in [1.54, 1.807) is 29.3 Å². The number of hydrogen-bond acceptors (Lipinski definition) is 5. The Morgan fingerprint density at radius 3 is 3.00 bits per heavy atom. The molecule has 2 aliphatic rings. The molecule has 0 radical (unpaired) electrons. The SMILES string of the molecule is Cc1ccc(NC(=O)[C@H]2CC(=O)N(c3ccc4c(c3)OCO4)C2)c2[nH]ncc12.